The van der Waals surface area contributed by atoms with E-state index in [1.807, 2.05) is 0 Å². The van der Waals surface area contributed by atoms with Crippen LogP contribution in [-0.4, -0.2) is 31.3 Å². The third-order valence-electron chi connectivity index (χ3n) is 3.19. The van der Waals surface area contributed by atoms with Gasteiger partial charge in [-0.2, -0.15) is 0 Å². The molecule has 0 amide bonds. The van der Waals surface area contributed by atoms with Crippen LogP contribution in [0.2, 0.25) is 5.02 Å². The van der Waals surface area contributed by atoms with Crippen LogP contribution in [0.15, 0.2) is 22.8 Å². The second-order valence-corrected chi connectivity index (χ2v) is 4.75. The van der Waals surface area contributed by atoms with Gasteiger partial charge in [-0.1, -0.05) is 11.6 Å². The summed E-state index contributed by atoms with van der Waals surface area (Å²) in [6.45, 7) is 1.51. The third kappa shape index (κ3) is 2.42. The lowest BCUT2D eigenvalue weighted by atomic mass is 9.94. The summed E-state index contributed by atoms with van der Waals surface area (Å²) in [4.78, 5) is 24.1. The number of methoxy groups -OCH3 is 2. The van der Waals surface area contributed by atoms with E-state index in [1.54, 1.807) is 12.1 Å². The molecule has 1 aromatic heterocycles. The SMILES string of the molecule is COC(=O)c1c(O)c(C)c(Cl)c(-c2ccco2)c1C(=O)OC. The number of rotatable bonds is 3. The molecule has 6 nitrogen and oxygen atoms in total. The van der Waals surface area contributed by atoms with Gasteiger partial charge >= 0.3 is 11.9 Å². The number of phenols is 1. The summed E-state index contributed by atoms with van der Waals surface area (Å²) >= 11 is 6.24. The topological polar surface area (TPSA) is 86.0 Å². The van der Waals surface area contributed by atoms with Crippen LogP contribution in [0, 0.1) is 6.92 Å². The molecule has 7 heteroatoms. The molecule has 0 saturated heterocycles. The standard InChI is InChI=1S/C15H13ClO6/c1-7-12(16)9(8-5-4-6-22-8)10(14(18)20-2)11(13(7)17)15(19)21-3/h4-6,17H,1-3H3. The van der Waals surface area contributed by atoms with E-state index in [0.717, 1.165) is 14.2 Å². The first-order valence-electron chi connectivity index (χ1n) is 6.19. The highest BCUT2D eigenvalue weighted by molar-refractivity contribution is 6.35. The van der Waals surface area contributed by atoms with Crippen LogP contribution in [0.5, 0.6) is 5.75 Å². The van der Waals surface area contributed by atoms with Crippen molar-refractivity contribution in [2.75, 3.05) is 14.2 Å². The minimum absolute atomic E-state index is 0.0838. The molecule has 2 aromatic rings. The number of halogens is 1. The van der Waals surface area contributed by atoms with E-state index in [2.05, 4.69) is 4.74 Å². The molecule has 0 aliphatic heterocycles. The lowest BCUT2D eigenvalue weighted by Crippen LogP contribution is -2.15. The summed E-state index contributed by atoms with van der Waals surface area (Å²) in [5.74, 6) is -1.90. The van der Waals surface area contributed by atoms with Crippen LogP contribution in [0.3, 0.4) is 0 Å². The minimum Gasteiger partial charge on any atom is -0.507 e. The first-order valence-corrected chi connectivity index (χ1v) is 6.57. The quantitative estimate of drug-likeness (QED) is 0.873. The van der Waals surface area contributed by atoms with Crippen molar-refractivity contribution in [2.24, 2.45) is 0 Å². The summed E-state index contributed by atoms with van der Waals surface area (Å²) in [6, 6.07) is 3.18. The molecule has 0 radical (unpaired) electrons. The van der Waals surface area contributed by atoms with Crippen LogP contribution in [0.4, 0.5) is 0 Å². The summed E-state index contributed by atoms with van der Waals surface area (Å²) < 4.78 is 14.6. The van der Waals surface area contributed by atoms with Gasteiger partial charge in [0.15, 0.2) is 0 Å². The number of carbonyl (C=O) groups excluding carboxylic acids is 2. The second-order valence-electron chi connectivity index (χ2n) is 4.37. The van der Waals surface area contributed by atoms with E-state index >= 15 is 0 Å². The third-order valence-corrected chi connectivity index (χ3v) is 3.66. The summed E-state index contributed by atoms with van der Waals surface area (Å²) in [5, 5.41) is 10.3. The fraction of sp³-hybridized carbons (Fsp3) is 0.200. The van der Waals surface area contributed by atoms with Gasteiger partial charge in [0.25, 0.3) is 0 Å². The van der Waals surface area contributed by atoms with Crippen LogP contribution in [0.25, 0.3) is 11.3 Å². The normalized spacial score (nSPS) is 10.4. The average Bonchev–Trinajstić information content (AvgIpc) is 3.04. The Bertz CT molecular complexity index is 733. The van der Waals surface area contributed by atoms with Gasteiger partial charge in [0, 0.05) is 5.56 Å². The van der Waals surface area contributed by atoms with Crippen molar-refractivity contribution < 1.29 is 28.6 Å². The molecule has 0 unspecified atom stereocenters. The van der Waals surface area contributed by atoms with E-state index < -0.39 is 17.7 Å². The van der Waals surface area contributed by atoms with Gasteiger partial charge in [0.1, 0.15) is 17.1 Å². The first-order chi connectivity index (χ1) is 10.4. The van der Waals surface area contributed by atoms with Gasteiger partial charge in [-0.3, -0.25) is 0 Å². The van der Waals surface area contributed by atoms with Crippen molar-refractivity contribution in [1.29, 1.82) is 0 Å². The first kappa shape index (κ1) is 15.9. The number of phenolic OH excluding ortho intramolecular Hbond substituents is 1. The summed E-state index contributed by atoms with van der Waals surface area (Å²) in [5.41, 5.74) is -0.143. The smallest absolute Gasteiger partial charge is 0.342 e. The number of benzene rings is 1. The predicted octanol–water partition coefficient (Wildman–Crippen LogP) is 3.19. The van der Waals surface area contributed by atoms with E-state index in [1.165, 1.54) is 13.2 Å². The number of ether oxygens (including phenoxy) is 2. The van der Waals surface area contributed by atoms with Gasteiger partial charge in [0.2, 0.25) is 0 Å². The Labute approximate surface area is 131 Å². The molecule has 116 valence electrons. The Morgan fingerprint density at radius 1 is 1.18 bits per heavy atom. The van der Waals surface area contributed by atoms with Crippen molar-refractivity contribution in [3.05, 3.63) is 40.1 Å². The van der Waals surface area contributed by atoms with E-state index in [0.29, 0.717) is 0 Å². The molecule has 1 aromatic carbocycles. The molecule has 0 atom stereocenters. The monoisotopic (exact) mass is 324 g/mol. The largest absolute Gasteiger partial charge is 0.507 e. The summed E-state index contributed by atoms with van der Waals surface area (Å²) in [6.07, 6.45) is 1.40. The number of furan rings is 1. The number of aromatic hydroxyl groups is 1. The Hall–Kier alpha value is -2.47. The zero-order chi connectivity index (χ0) is 16.4. The van der Waals surface area contributed by atoms with E-state index in [4.69, 9.17) is 20.8 Å². The summed E-state index contributed by atoms with van der Waals surface area (Å²) in [7, 11) is 2.29. The molecule has 0 saturated carbocycles. The van der Waals surface area contributed by atoms with Gasteiger partial charge in [-0.25, -0.2) is 9.59 Å². The van der Waals surface area contributed by atoms with Crippen LogP contribution >= 0.6 is 11.6 Å². The molecule has 0 aliphatic rings. The maximum atomic E-state index is 12.1. The molecule has 0 spiro atoms. The zero-order valence-electron chi connectivity index (χ0n) is 12.1. The molecular weight excluding hydrogens is 312 g/mol. The highest BCUT2D eigenvalue weighted by Crippen LogP contribution is 2.42. The second kappa shape index (κ2) is 6.11. The molecule has 1 heterocycles. The lowest BCUT2D eigenvalue weighted by Gasteiger charge is -2.16. The Morgan fingerprint density at radius 3 is 2.27 bits per heavy atom. The van der Waals surface area contributed by atoms with E-state index in [9.17, 15) is 14.7 Å². The molecule has 0 fully saturated rings. The molecule has 0 bridgehead atoms. The lowest BCUT2D eigenvalue weighted by molar-refractivity contribution is 0.0552. The molecular formula is C15H13ClO6. The number of hydrogen-bond acceptors (Lipinski definition) is 6. The number of carbonyl (C=O) groups is 2. The minimum atomic E-state index is -0.884. The van der Waals surface area contributed by atoms with Crippen molar-refractivity contribution in [2.45, 2.75) is 6.92 Å². The highest BCUT2D eigenvalue weighted by atomic mass is 35.5. The average molecular weight is 325 g/mol. The van der Waals surface area contributed by atoms with Gasteiger partial charge in [0.05, 0.1) is 36.6 Å². The zero-order valence-corrected chi connectivity index (χ0v) is 12.9. The van der Waals surface area contributed by atoms with Crippen LogP contribution in [-0.2, 0) is 9.47 Å². The Balaban J connectivity index is 2.96. The van der Waals surface area contributed by atoms with Gasteiger partial charge in [-0.05, 0) is 19.1 Å². The van der Waals surface area contributed by atoms with Crippen LogP contribution < -0.4 is 0 Å². The number of hydrogen-bond donors (Lipinski definition) is 1. The van der Waals surface area contributed by atoms with Gasteiger partial charge in [-0.15, -0.1) is 0 Å². The van der Waals surface area contributed by atoms with Crippen molar-refractivity contribution in [3.8, 4) is 17.1 Å². The van der Waals surface area contributed by atoms with Crippen molar-refractivity contribution in [1.82, 2.24) is 0 Å². The predicted molar refractivity (Wildman–Crippen MR) is 78.2 cm³/mol. The van der Waals surface area contributed by atoms with E-state index in [-0.39, 0.29) is 33.0 Å². The molecule has 22 heavy (non-hydrogen) atoms. The maximum Gasteiger partial charge on any atom is 0.342 e. The van der Waals surface area contributed by atoms with Crippen molar-refractivity contribution >= 4 is 23.5 Å². The highest BCUT2D eigenvalue weighted by Gasteiger charge is 2.32. The Kier molecular flexibility index (Phi) is 4.42. The molecule has 2 rings (SSSR count). The van der Waals surface area contributed by atoms with Gasteiger partial charge < -0.3 is 19.0 Å². The number of esters is 2. The Morgan fingerprint density at radius 2 is 1.77 bits per heavy atom. The maximum absolute atomic E-state index is 12.1. The molecule has 1 N–H and O–H groups in total. The van der Waals surface area contributed by atoms with Crippen LogP contribution in [0.1, 0.15) is 26.3 Å². The fourth-order valence-corrected chi connectivity index (χ4v) is 2.37. The molecule has 0 aliphatic carbocycles. The fourth-order valence-electron chi connectivity index (χ4n) is 2.09. The van der Waals surface area contributed by atoms with Crippen molar-refractivity contribution in [3.63, 3.8) is 0 Å².